The molecule has 0 spiro atoms. The van der Waals surface area contributed by atoms with E-state index in [1.165, 1.54) is 6.42 Å². The van der Waals surface area contributed by atoms with Crippen LogP contribution in [-0.2, 0) is 4.79 Å². The topological polar surface area (TPSA) is 64.1 Å². The zero-order chi connectivity index (χ0) is 16.0. The summed E-state index contributed by atoms with van der Waals surface area (Å²) in [4.78, 5) is 29.0. The van der Waals surface area contributed by atoms with E-state index in [1.54, 1.807) is 9.80 Å². The van der Waals surface area contributed by atoms with E-state index < -0.39 is 5.97 Å². The maximum Gasteiger partial charge on any atom is 0.320 e. The molecule has 1 saturated heterocycles. The first-order valence-corrected chi connectivity index (χ1v) is 7.84. The fourth-order valence-electron chi connectivity index (χ4n) is 2.92. The van der Waals surface area contributed by atoms with E-state index in [2.05, 4.69) is 11.8 Å². The van der Waals surface area contributed by atoms with Crippen LogP contribution in [0, 0.1) is 0 Å². The van der Waals surface area contributed by atoms with Crippen molar-refractivity contribution in [1.29, 1.82) is 0 Å². The predicted octanol–water partition coefficient (Wildman–Crippen LogP) is 1.71. The first kappa shape index (κ1) is 17.8. The molecule has 1 atom stereocenters. The molecule has 1 N–H and O–H groups in total. The Kier molecular flexibility index (Phi) is 6.95. The highest BCUT2D eigenvalue weighted by molar-refractivity contribution is 5.75. The largest absolute Gasteiger partial charge is 0.481 e. The number of rotatable bonds is 7. The summed E-state index contributed by atoms with van der Waals surface area (Å²) in [6.07, 6.45) is 2.30. The summed E-state index contributed by atoms with van der Waals surface area (Å²) in [5.41, 5.74) is 0. The maximum absolute atomic E-state index is 12.5. The van der Waals surface area contributed by atoms with Gasteiger partial charge in [0, 0.05) is 32.2 Å². The Labute approximate surface area is 127 Å². The smallest absolute Gasteiger partial charge is 0.320 e. The Morgan fingerprint density at radius 3 is 2.57 bits per heavy atom. The normalized spacial score (nSPS) is 19.0. The molecule has 1 aliphatic heterocycles. The number of nitrogens with zero attached hydrogens (tertiary/aromatic N) is 3. The Morgan fingerprint density at radius 2 is 2.05 bits per heavy atom. The molecule has 2 amide bonds. The minimum atomic E-state index is -0.871. The van der Waals surface area contributed by atoms with Gasteiger partial charge in [-0.2, -0.15) is 0 Å². The van der Waals surface area contributed by atoms with Crippen molar-refractivity contribution >= 4 is 12.0 Å². The number of carbonyl (C=O) groups is 2. The van der Waals surface area contributed by atoms with Crippen molar-refractivity contribution in [3.63, 3.8) is 0 Å². The van der Waals surface area contributed by atoms with E-state index in [9.17, 15) is 9.59 Å². The highest BCUT2D eigenvalue weighted by atomic mass is 16.4. The van der Waals surface area contributed by atoms with E-state index in [-0.39, 0.29) is 25.0 Å². The fraction of sp³-hybridized carbons (Fsp3) is 0.867. The van der Waals surface area contributed by atoms with E-state index in [0.717, 1.165) is 19.5 Å². The SMILES string of the molecule is CCN1CCCC1CN(C)C(=O)N(CCC(=O)O)C(C)C. The molecule has 122 valence electrons. The lowest BCUT2D eigenvalue weighted by molar-refractivity contribution is -0.137. The lowest BCUT2D eigenvalue weighted by Gasteiger charge is -2.34. The third-order valence-electron chi connectivity index (χ3n) is 4.15. The molecule has 1 fully saturated rings. The number of carboxylic acids is 1. The number of amides is 2. The second-order valence-corrected chi connectivity index (χ2v) is 6.02. The molecule has 1 unspecified atom stereocenters. The van der Waals surface area contributed by atoms with Gasteiger partial charge < -0.3 is 14.9 Å². The summed E-state index contributed by atoms with van der Waals surface area (Å²) >= 11 is 0. The molecule has 0 aromatic heterocycles. The van der Waals surface area contributed by atoms with Crippen molar-refractivity contribution < 1.29 is 14.7 Å². The second-order valence-electron chi connectivity index (χ2n) is 6.02. The quantitative estimate of drug-likeness (QED) is 0.777. The van der Waals surface area contributed by atoms with Gasteiger partial charge in [0.2, 0.25) is 0 Å². The Balaban J connectivity index is 2.58. The molecule has 0 aromatic rings. The van der Waals surface area contributed by atoms with Gasteiger partial charge in [-0.25, -0.2) is 4.79 Å². The van der Waals surface area contributed by atoms with Gasteiger partial charge in [0.1, 0.15) is 0 Å². The van der Waals surface area contributed by atoms with Crippen LogP contribution < -0.4 is 0 Å². The summed E-state index contributed by atoms with van der Waals surface area (Å²) in [5, 5.41) is 8.80. The summed E-state index contributed by atoms with van der Waals surface area (Å²) in [6, 6.07) is 0.358. The zero-order valence-electron chi connectivity index (χ0n) is 13.7. The minimum absolute atomic E-state index is 0.00477. The van der Waals surface area contributed by atoms with Crippen molar-refractivity contribution in [2.45, 2.75) is 52.1 Å². The van der Waals surface area contributed by atoms with Crippen LogP contribution in [0.4, 0.5) is 4.79 Å². The third-order valence-corrected chi connectivity index (χ3v) is 4.15. The van der Waals surface area contributed by atoms with Gasteiger partial charge in [-0.3, -0.25) is 9.69 Å². The Bertz CT molecular complexity index is 360. The average molecular weight is 299 g/mol. The van der Waals surface area contributed by atoms with Crippen molar-refractivity contribution in [3.8, 4) is 0 Å². The van der Waals surface area contributed by atoms with Crippen LogP contribution in [0.15, 0.2) is 0 Å². The highest BCUT2D eigenvalue weighted by Crippen LogP contribution is 2.18. The number of aliphatic carboxylic acids is 1. The Morgan fingerprint density at radius 1 is 1.38 bits per heavy atom. The second kappa shape index (κ2) is 8.22. The van der Waals surface area contributed by atoms with Crippen LogP contribution in [0.2, 0.25) is 0 Å². The van der Waals surface area contributed by atoms with Gasteiger partial charge in [-0.15, -0.1) is 0 Å². The number of carboxylic acid groups (broad SMARTS) is 1. The zero-order valence-corrected chi connectivity index (χ0v) is 13.7. The molecule has 1 heterocycles. The van der Waals surface area contributed by atoms with Crippen LogP contribution in [0.1, 0.15) is 40.0 Å². The number of likely N-dealkylation sites (N-methyl/N-ethyl adjacent to an activating group) is 2. The van der Waals surface area contributed by atoms with Crippen molar-refractivity contribution in [2.75, 3.05) is 33.2 Å². The Hall–Kier alpha value is -1.30. The van der Waals surface area contributed by atoms with Gasteiger partial charge >= 0.3 is 12.0 Å². The molecule has 0 radical (unpaired) electrons. The summed E-state index contributed by atoms with van der Waals surface area (Å²) in [5.74, 6) is -0.871. The molecule has 21 heavy (non-hydrogen) atoms. The summed E-state index contributed by atoms with van der Waals surface area (Å²) in [7, 11) is 1.81. The van der Waals surface area contributed by atoms with Gasteiger partial charge in [-0.1, -0.05) is 6.92 Å². The lowest BCUT2D eigenvalue weighted by Crippen LogP contribution is -2.49. The number of carbonyl (C=O) groups excluding carboxylic acids is 1. The highest BCUT2D eigenvalue weighted by Gasteiger charge is 2.28. The van der Waals surface area contributed by atoms with Crippen molar-refractivity contribution in [1.82, 2.24) is 14.7 Å². The van der Waals surface area contributed by atoms with Gasteiger partial charge in [0.25, 0.3) is 0 Å². The molecular weight excluding hydrogens is 270 g/mol. The van der Waals surface area contributed by atoms with E-state index in [0.29, 0.717) is 12.6 Å². The molecule has 0 aromatic carbocycles. The van der Waals surface area contributed by atoms with E-state index >= 15 is 0 Å². The van der Waals surface area contributed by atoms with Crippen molar-refractivity contribution in [2.24, 2.45) is 0 Å². The van der Waals surface area contributed by atoms with Crippen LogP contribution in [0.3, 0.4) is 0 Å². The van der Waals surface area contributed by atoms with Gasteiger partial charge in [-0.05, 0) is 39.8 Å². The third kappa shape index (κ3) is 5.19. The minimum Gasteiger partial charge on any atom is -0.481 e. The number of hydrogen-bond donors (Lipinski definition) is 1. The first-order valence-electron chi connectivity index (χ1n) is 7.84. The number of hydrogen-bond acceptors (Lipinski definition) is 3. The molecule has 1 aliphatic rings. The van der Waals surface area contributed by atoms with Crippen LogP contribution in [-0.4, -0.2) is 77.1 Å². The van der Waals surface area contributed by atoms with Crippen LogP contribution >= 0.6 is 0 Å². The molecule has 0 bridgehead atoms. The van der Waals surface area contributed by atoms with E-state index in [1.807, 2.05) is 20.9 Å². The summed E-state index contributed by atoms with van der Waals surface area (Å²) < 4.78 is 0. The molecular formula is C15H29N3O3. The maximum atomic E-state index is 12.5. The van der Waals surface area contributed by atoms with Gasteiger partial charge in [0.05, 0.1) is 6.42 Å². The molecule has 6 heteroatoms. The molecule has 0 saturated carbocycles. The van der Waals surface area contributed by atoms with Crippen molar-refractivity contribution in [3.05, 3.63) is 0 Å². The predicted molar refractivity (Wildman–Crippen MR) is 82.4 cm³/mol. The monoisotopic (exact) mass is 299 g/mol. The molecule has 6 nitrogen and oxygen atoms in total. The molecule has 0 aliphatic carbocycles. The number of likely N-dealkylation sites (tertiary alicyclic amines) is 1. The van der Waals surface area contributed by atoms with E-state index in [4.69, 9.17) is 5.11 Å². The standard InChI is InChI=1S/C15H29N3O3/c1-5-17-9-6-7-13(17)11-16(4)15(21)18(12(2)3)10-8-14(19)20/h12-13H,5-11H2,1-4H3,(H,19,20). The van der Waals surface area contributed by atoms with Gasteiger partial charge in [0.15, 0.2) is 0 Å². The van der Waals surface area contributed by atoms with Crippen LogP contribution in [0.25, 0.3) is 0 Å². The first-order chi connectivity index (χ1) is 9.86. The average Bonchev–Trinajstić information content (AvgIpc) is 2.85. The number of urea groups is 1. The molecule has 1 rings (SSSR count). The lowest BCUT2D eigenvalue weighted by atomic mass is 10.2. The van der Waals surface area contributed by atoms with Crippen LogP contribution in [0.5, 0.6) is 0 Å². The fourth-order valence-corrected chi connectivity index (χ4v) is 2.92. The summed E-state index contributed by atoms with van der Waals surface area (Å²) in [6.45, 7) is 9.08.